The summed E-state index contributed by atoms with van der Waals surface area (Å²) in [5, 5.41) is -0.979. The molecule has 0 saturated heterocycles. The molecular weight excluding hydrogens is 349 g/mol. The fraction of sp³-hybridized carbons (Fsp3) is 0.167. The zero-order valence-corrected chi connectivity index (χ0v) is 12.3. The average Bonchev–Trinajstić information content (AvgIpc) is 2.56. The molecule has 0 bridgehead atoms. The van der Waals surface area contributed by atoms with Crippen LogP contribution in [0.2, 0.25) is 0 Å². The highest BCUT2D eigenvalue weighted by Gasteiger charge is 2.23. The van der Waals surface area contributed by atoms with Crippen LogP contribution in [0.3, 0.4) is 0 Å². The van der Waals surface area contributed by atoms with E-state index >= 15 is 0 Å². The molecule has 0 fully saturated rings. The third-order valence-corrected chi connectivity index (χ3v) is 4.52. The maximum absolute atomic E-state index is 13.6. The van der Waals surface area contributed by atoms with Crippen LogP contribution in [0, 0.1) is 24.4 Å². The largest absolute Gasteiger partial charge is 0.207 e. The molecular formula is C12H7BrClF3S. The molecule has 2 rings (SSSR count). The van der Waals surface area contributed by atoms with E-state index in [-0.39, 0.29) is 5.56 Å². The summed E-state index contributed by atoms with van der Waals surface area (Å²) in [7, 11) is 0. The van der Waals surface area contributed by atoms with Gasteiger partial charge in [0.05, 0.1) is 9.16 Å². The van der Waals surface area contributed by atoms with Gasteiger partial charge < -0.3 is 0 Å². The topological polar surface area (TPSA) is 0 Å². The number of halogens is 5. The maximum atomic E-state index is 13.6. The lowest BCUT2D eigenvalue weighted by molar-refractivity contribution is 0.526. The Balaban J connectivity index is 2.52. The summed E-state index contributed by atoms with van der Waals surface area (Å²) >= 11 is 10.8. The molecule has 0 nitrogen and oxygen atoms in total. The smallest absolute Gasteiger partial charge is 0.134 e. The Bertz CT molecular complexity index is 574. The molecule has 0 N–H and O–H groups in total. The van der Waals surface area contributed by atoms with Crippen molar-refractivity contribution in [1.82, 2.24) is 0 Å². The van der Waals surface area contributed by atoms with Crippen molar-refractivity contribution < 1.29 is 13.2 Å². The summed E-state index contributed by atoms with van der Waals surface area (Å²) in [6, 6.07) is 2.97. The zero-order valence-electron chi connectivity index (χ0n) is 9.11. The van der Waals surface area contributed by atoms with Crippen molar-refractivity contribution in [2.24, 2.45) is 0 Å². The fourth-order valence-electron chi connectivity index (χ4n) is 1.66. The number of rotatable bonds is 2. The van der Waals surface area contributed by atoms with Crippen molar-refractivity contribution >= 4 is 38.9 Å². The Labute approximate surface area is 120 Å². The number of benzene rings is 1. The summed E-state index contributed by atoms with van der Waals surface area (Å²) in [4.78, 5) is 0.852. The number of aryl methyl sites for hydroxylation is 1. The standard InChI is InChI=1S/C12H7BrClF3S/c1-5-7(4-10(13)18-5)12(14)11-8(16)2-6(15)3-9(11)17/h2-4,12H,1H3. The van der Waals surface area contributed by atoms with E-state index in [1.807, 2.05) is 0 Å². The van der Waals surface area contributed by atoms with Crippen molar-refractivity contribution in [3.63, 3.8) is 0 Å². The van der Waals surface area contributed by atoms with Crippen LogP contribution >= 0.6 is 38.9 Å². The molecule has 0 saturated carbocycles. The zero-order chi connectivity index (χ0) is 13.4. The minimum Gasteiger partial charge on any atom is -0.207 e. The van der Waals surface area contributed by atoms with Crippen molar-refractivity contribution in [2.75, 3.05) is 0 Å². The lowest BCUT2D eigenvalue weighted by Gasteiger charge is -2.12. The first-order chi connectivity index (χ1) is 8.40. The SMILES string of the molecule is Cc1sc(Br)cc1C(Cl)c1c(F)cc(F)cc1F. The number of thiophene rings is 1. The second-order valence-electron chi connectivity index (χ2n) is 3.71. The van der Waals surface area contributed by atoms with E-state index in [2.05, 4.69) is 15.9 Å². The Morgan fingerprint density at radius 3 is 2.17 bits per heavy atom. The molecule has 0 radical (unpaired) electrons. The quantitative estimate of drug-likeness (QED) is 0.618. The van der Waals surface area contributed by atoms with Crippen LogP contribution in [0.4, 0.5) is 13.2 Å². The molecule has 96 valence electrons. The summed E-state index contributed by atoms with van der Waals surface area (Å²) in [5.41, 5.74) is 0.282. The van der Waals surface area contributed by atoms with Gasteiger partial charge in [0.2, 0.25) is 0 Å². The minimum atomic E-state index is -0.979. The van der Waals surface area contributed by atoms with Gasteiger partial charge in [-0.1, -0.05) is 0 Å². The van der Waals surface area contributed by atoms with E-state index in [9.17, 15) is 13.2 Å². The summed E-state index contributed by atoms with van der Waals surface area (Å²) in [5.74, 6) is -2.91. The average molecular weight is 356 g/mol. The Morgan fingerprint density at radius 2 is 1.72 bits per heavy atom. The molecule has 0 amide bonds. The molecule has 18 heavy (non-hydrogen) atoms. The molecule has 1 aromatic heterocycles. The molecule has 2 aromatic rings. The van der Waals surface area contributed by atoms with Crippen LogP contribution in [0.1, 0.15) is 21.4 Å². The van der Waals surface area contributed by atoms with Crippen molar-refractivity contribution in [3.05, 3.63) is 55.4 Å². The van der Waals surface area contributed by atoms with Crippen LogP contribution in [-0.4, -0.2) is 0 Å². The van der Waals surface area contributed by atoms with Gasteiger partial charge in [-0.3, -0.25) is 0 Å². The Kier molecular flexibility index (Phi) is 4.04. The van der Waals surface area contributed by atoms with Crippen molar-refractivity contribution in [1.29, 1.82) is 0 Å². The number of hydrogen-bond acceptors (Lipinski definition) is 1. The predicted octanol–water partition coefficient (Wildman–Crippen LogP) is 5.56. The first-order valence-electron chi connectivity index (χ1n) is 4.94. The van der Waals surface area contributed by atoms with E-state index in [4.69, 9.17) is 11.6 Å². The Morgan fingerprint density at radius 1 is 1.17 bits per heavy atom. The van der Waals surface area contributed by atoms with Gasteiger partial charge in [0, 0.05) is 22.6 Å². The number of alkyl halides is 1. The first-order valence-corrected chi connectivity index (χ1v) is 6.99. The van der Waals surface area contributed by atoms with E-state index in [1.165, 1.54) is 11.3 Å². The van der Waals surface area contributed by atoms with Crippen LogP contribution in [0.15, 0.2) is 22.0 Å². The van der Waals surface area contributed by atoms with Crippen LogP contribution in [-0.2, 0) is 0 Å². The second-order valence-corrected chi connectivity index (χ2v) is 6.78. The van der Waals surface area contributed by atoms with Gasteiger partial charge in [-0.15, -0.1) is 22.9 Å². The van der Waals surface area contributed by atoms with Gasteiger partial charge in [0.25, 0.3) is 0 Å². The molecule has 1 unspecified atom stereocenters. The molecule has 0 aliphatic carbocycles. The van der Waals surface area contributed by atoms with E-state index < -0.39 is 22.8 Å². The third kappa shape index (κ3) is 2.58. The summed E-state index contributed by atoms with van der Waals surface area (Å²) in [6.45, 7) is 1.81. The second kappa shape index (κ2) is 5.23. The minimum absolute atomic E-state index is 0.327. The number of hydrogen-bond donors (Lipinski definition) is 0. The predicted molar refractivity (Wildman–Crippen MR) is 70.8 cm³/mol. The van der Waals surface area contributed by atoms with Gasteiger partial charge in [0.15, 0.2) is 0 Å². The lowest BCUT2D eigenvalue weighted by atomic mass is 10.0. The summed E-state index contributed by atoms with van der Waals surface area (Å²) in [6.07, 6.45) is 0. The Hall–Kier alpha value is -0.520. The summed E-state index contributed by atoms with van der Waals surface area (Å²) < 4.78 is 40.9. The molecule has 1 heterocycles. The molecule has 0 aliphatic heterocycles. The van der Waals surface area contributed by atoms with Gasteiger partial charge in [0.1, 0.15) is 17.5 Å². The van der Waals surface area contributed by atoms with Crippen LogP contribution in [0.5, 0.6) is 0 Å². The molecule has 0 aliphatic rings. The van der Waals surface area contributed by atoms with E-state index in [1.54, 1.807) is 13.0 Å². The van der Waals surface area contributed by atoms with Crippen LogP contribution in [0.25, 0.3) is 0 Å². The monoisotopic (exact) mass is 354 g/mol. The van der Waals surface area contributed by atoms with Crippen molar-refractivity contribution in [2.45, 2.75) is 12.3 Å². The lowest BCUT2D eigenvalue weighted by Crippen LogP contribution is -2.02. The molecule has 1 atom stereocenters. The molecule has 1 aromatic carbocycles. The third-order valence-electron chi connectivity index (χ3n) is 2.50. The molecule has 0 spiro atoms. The normalized spacial score (nSPS) is 12.8. The highest BCUT2D eigenvalue weighted by molar-refractivity contribution is 9.11. The van der Waals surface area contributed by atoms with Gasteiger partial charge in [-0.2, -0.15) is 0 Å². The van der Waals surface area contributed by atoms with E-state index in [0.29, 0.717) is 17.7 Å². The van der Waals surface area contributed by atoms with Gasteiger partial charge >= 0.3 is 0 Å². The molecule has 6 heteroatoms. The highest BCUT2D eigenvalue weighted by atomic mass is 79.9. The van der Waals surface area contributed by atoms with Crippen LogP contribution < -0.4 is 0 Å². The van der Waals surface area contributed by atoms with Gasteiger partial charge in [-0.25, -0.2) is 13.2 Å². The first kappa shape index (κ1) is 13.9. The maximum Gasteiger partial charge on any atom is 0.134 e. The van der Waals surface area contributed by atoms with Crippen molar-refractivity contribution in [3.8, 4) is 0 Å². The van der Waals surface area contributed by atoms with E-state index in [0.717, 1.165) is 8.66 Å². The highest BCUT2D eigenvalue weighted by Crippen LogP contribution is 2.39. The van der Waals surface area contributed by atoms with Gasteiger partial charge in [-0.05, 0) is 34.5 Å². The fourth-order valence-corrected chi connectivity index (χ4v) is 3.91.